The van der Waals surface area contributed by atoms with E-state index in [1.807, 2.05) is 0 Å². The summed E-state index contributed by atoms with van der Waals surface area (Å²) in [5, 5.41) is 3.85. The first-order valence-electron chi connectivity index (χ1n) is 8.87. The normalized spacial score (nSPS) is 22.3. The standard InChI is InChI=1S/C17H22N4O5S/c1-4-27(23,24)21-7-14(15-18-12(3)19-26-15)17(10-21)8-20(9-17)16(22)13-5-6-25-11(13)2/h5-6,14H,4,7-10H2,1-3H3. The molecule has 1 spiro atoms. The first kappa shape index (κ1) is 18.2. The van der Waals surface area contributed by atoms with Crippen molar-refractivity contribution in [1.82, 2.24) is 19.3 Å². The Morgan fingerprint density at radius 2 is 2.07 bits per heavy atom. The molecule has 0 aliphatic carbocycles. The highest BCUT2D eigenvalue weighted by Gasteiger charge is 2.59. The molecular weight excluding hydrogens is 372 g/mol. The maximum absolute atomic E-state index is 12.7. The molecule has 2 aromatic heterocycles. The lowest BCUT2D eigenvalue weighted by Crippen LogP contribution is -2.61. The van der Waals surface area contributed by atoms with Crippen molar-refractivity contribution in [2.24, 2.45) is 5.41 Å². The molecule has 10 heteroatoms. The Labute approximate surface area is 157 Å². The van der Waals surface area contributed by atoms with Crippen LogP contribution >= 0.6 is 0 Å². The fourth-order valence-corrected chi connectivity index (χ4v) is 5.26. The molecule has 2 fully saturated rings. The Hall–Kier alpha value is -2.20. The fraction of sp³-hybridized carbons (Fsp3) is 0.588. The number of hydrogen-bond acceptors (Lipinski definition) is 7. The van der Waals surface area contributed by atoms with Gasteiger partial charge in [-0.25, -0.2) is 12.7 Å². The van der Waals surface area contributed by atoms with Crippen molar-refractivity contribution in [1.29, 1.82) is 0 Å². The summed E-state index contributed by atoms with van der Waals surface area (Å²) in [5.41, 5.74) is 0.125. The Morgan fingerprint density at radius 3 is 2.63 bits per heavy atom. The summed E-state index contributed by atoms with van der Waals surface area (Å²) in [7, 11) is -3.34. The number of amides is 1. The number of likely N-dealkylation sites (tertiary alicyclic amines) is 1. The number of nitrogens with zero attached hydrogens (tertiary/aromatic N) is 4. The molecule has 1 atom stereocenters. The van der Waals surface area contributed by atoms with E-state index in [1.165, 1.54) is 10.6 Å². The molecule has 27 heavy (non-hydrogen) atoms. The Kier molecular flexibility index (Phi) is 4.15. The number of sulfonamides is 1. The number of carbonyl (C=O) groups excluding carboxylic acids is 1. The first-order chi connectivity index (χ1) is 12.8. The minimum atomic E-state index is -3.34. The Morgan fingerprint density at radius 1 is 1.33 bits per heavy atom. The van der Waals surface area contributed by atoms with E-state index in [0.717, 1.165) is 0 Å². The average molecular weight is 394 g/mol. The van der Waals surface area contributed by atoms with Crippen LogP contribution in [0.5, 0.6) is 0 Å². The van der Waals surface area contributed by atoms with Crippen LogP contribution in [0.3, 0.4) is 0 Å². The van der Waals surface area contributed by atoms with Crippen molar-refractivity contribution in [3.63, 3.8) is 0 Å². The molecule has 1 unspecified atom stereocenters. The number of rotatable bonds is 4. The maximum Gasteiger partial charge on any atom is 0.257 e. The van der Waals surface area contributed by atoms with E-state index in [1.54, 1.807) is 31.7 Å². The summed E-state index contributed by atoms with van der Waals surface area (Å²) < 4.78 is 36.9. The second-order valence-corrected chi connectivity index (χ2v) is 9.60. The monoisotopic (exact) mass is 394 g/mol. The third-order valence-corrected chi connectivity index (χ3v) is 7.40. The highest BCUT2D eigenvalue weighted by Crippen LogP contribution is 2.49. The largest absolute Gasteiger partial charge is 0.469 e. The molecule has 1 amide bonds. The first-order valence-corrected chi connectivity index (χ1v) is 10.5. The second kappa shape index (κ2) is 6.16. The van der Waals surface area contributed by atoms with Crippen LogP contribution in [0, 0.1) is 19.3 Å². The van der Waals surface area contributed by atoms with Crippen molar-refractivity contribution in [3.8, 4) is 0 Å². The lowest BCUT2D eigenvalue weighted by molar-refractivity contribution is 0.00118. The van der Waals surface area contributed by atoms with Gasteiger partial charge in [-0.15, -0.1) is 0 Å². The summed E-state index contributed by atoms with van der Waals surface area (Å²) in [6, 6.07) is 1.66. The van der Waals surface area contributed by atoms with Crippen LogP contribution in [-0.2, 0) is 10.0 Å². The summed E-state index contributed by atoms with van der Waals surface area (Å²) in [6.07, 6.45) is 1.49. The van der Waals surface area contributed by atoms with Crippen molar-refractivity contribution in [3.05, 3.63) is 35.4 Å². The molecule has 2 aromatic rings. The van der Waals surface area contributed by atoms with Gasteiger partial charge in [0.25, 0.3) is 5.91 Å². The molecule has 2 saturated heterocycles. The molecule has 146 valence electrons. The Bertz CT molecular complexity index is 973. The minimum Gasteiger partial charge on any atom is -0.469 e. The molecule has 0 radical (unpaired) electrons. The molecule has 9 nitrogen and oxygen atoms in total. The lowest BCUT2D eigenvalue weighted by atomic mass is 9.71. The SMILES string of the molecule is CCS(=O)(=O)N1CC(c2nc(C)no2)C2(CN(C(=O)c3ccoc3C)C2)C1. The van der Waals surface area contributed by atoms with Gasteiger partial charge in [0, 0.05) is 31.6 Å². The molecule has 0 aromatic carbocycles. The van der Waals surface area contributed by atoms with Crippen LogP contribution in [-0.4, -0.2) is 65.6 Å². The summed E-state index contributed by atoms with van der Waals surface area (Å²) >= 11 is 0. The van der Waals surface area contributed by atoms with Gasteiger partial charge >= 0.3 is 0 Å². The molecule has 2 aliphatic heterocycles. The van der Waals surface area contributed by atoms with E-state index in [2.05, 4.69) is 10.1 Å². The fourth-order valence-electron chi connectivity index (χ4n) is 4.07. The predicted octanol–water partition coefficient (Wildman–Crippen LogP) is 1.17. The van der Waals surface area contributed by atoms with Gasteiger partial charge in [0.2, 0.25) is 15.9 Å². The van der Waals surface area contributed by atoms with Crippen LogP contribution in [0.1, 0.15) is 40.7 Å². The Balaban J connectivity index is 1.60. The van der Waals surface area contributed by atoms with Gasteiger partial charge in [-0.05, 0) is 26.8 Å². The minimum absolute atomic E-state index is 0.0372. The van der Waals surface area contributed by atoms with Gasteiger partial charge < -0.3 is 13.8 Å². The van der Waals surface area contributed by atoms with Gasteiger partial charge in [-0.1, -0.05) is 5.16 Å². The van der Waals surface area contributed by atoms with Gasteiger partial charge in [0.05, 0.1) is 23.5 Å². The van der Waals surface area contributed by atoms with Gasteiger partial charge in [-0.2, -0.15) is 4.98 Å². The van der Waals surface area contributed by atoms with E-state index in [4.69, 9.17) is 8.94 Å². The van der Waals surface area contributed by atoms with Crippen LogP contribution in [0.2, 0.25) is 0 Å². The maximum atomic E-state index is 12.7. The third kappa shape index (κ3) is 2.87. The average Bonchev–Trinajstić information content (AvgIpc) is 3.30. The lowest BCUT2D eigenvalue weighted by Gasteiger charge is -2.50. The zero-order valence-electron chi connectivity index (χ0n) is 15.5. The molecule has 4 heterocycles. The van der Waals surface area contributed by atoms with Crippen molar-refractivity contribution < 1.29 is 22.2 Å². The van der Waals surface area contributed by atoms with E-state index in [-0.39, 0.29) is 17.6 Å². The van der Waals surface area contributed by atoms with Crippen molar-refractivity contribution >= 4 is 15.9 Å². The molecule has 4 rings (SSSR count). The number of aryl methyl sites for hydroxylation is 2. The highest BCUT2D eigenvalue weighted by molar-refractivity contribution is 7.89. The number of hydrogen-bond donors (Lipinski definition) is 0. The van der Waals surface area contributed by atoms with Crippen LogP contribution in [0.25, 0.3) is 0 Å². The molecular formula is C17H22N4O5S. The quantitative estimate of drug-likeness (QED) is 0.765. The highest BCUT2D eigenvalue weighted by atomic mass is 32.2. The molecule has 2 aliphatic rings. The summed E-state index contributed by atoms with van der Waals surface area (Å²) in [6.45, 7) is 6.64. The van der Waals surface area contributed by atoms with E-state index in [0.29, 0.717) is 49.2 Å². The number of furan rings is 1. The number of aromatic nitrogens is 2. The zero-order valence-corrected chi connectivity index (χ0v) is 16.3. The van der Waals surface area contributed by atoms with Crippen LogP contribution in [0.4, 0.5) is 0 Å². The molecule has 0 N–H and O–H groups in total. The van der Waals surface area contributed by atoms with Crippen molar-refractivity contribution in [2.75, 3.05) is 31.9 Å². The van der Waals surface area contributed by atoms with E-state index in [9.17, 15) is 13.2 Å². The third-order valence-electron chi connectivity index (χ3n) is 5.60. The number of carbonyl (C=O) groups is 1. The zero-order chi connectivity index (χ0) is 19.4. The van der Waals surface area contributed by atoms with Crippen LogP contribution in [0.15, 0.2) is 21.3 Å². The van der Waals surface area contributed by atoms with E-state index < -0.39 is 15.4 Å². The second-order valence-electron chi connectivity index (χ2n) is 7.34. The van der Waals surface area contributed by atoms with Crippen LogP contribution < -0.4 is 0 Å². The predicted molar refractivity (Wildman–Crippen MR) is 94.6 cm³/mol. The van der Waals surface area contributed by atoms with Gasteiger partial charge in [0.15, 0.2) is 5.82 Å². The van der Waals surface area contributed by atoms with Crippen molar-refractivity contribution in [2.45, 2.75) is 26.7 Å². The smallest absolute Gasteiger partial charge is 0.257 e. The molecule has 0 saturated carbocycles. The summed E-state index contributed by atoms with van der Waals surface area (Å²) in [4.78, 5) is 18.8. The van der Waals surface area contributed by atoms with Gasteiger partial charge in [-0.3, -0.25) is 4.79 Å². The topological polar surface area (TPSA) is 110 Å². The van der Waals surface area contributed by atoms with Gasteiger partial charge in [0.1, 0.15) is 5.76 Å². The molecule has 0 bridgehead atoms. The summed E-state index contributed by atoms with van der Waals surface area (Å²) in [5.74, 6) is 1.23. The van der Waals surface area contributed by atoms with E-state index >= 15 is 0 Å².